The maximum absolute atomic E-state index is 6.14. The van der Waals surface area contributed by atoms with E-state index >= 15 is 0 Å². The van der Waals surface area contributed by atoms with E-state index in [1.54, 1.807) is 0 Å². The van der Waals surface area contributed by atoms with Crippen molar-refractivity contribution in [2.24, 2.45) is 10.9 Å². The van der Waals surface area contributed by atoms with Crippen molar-refractivity contribution in [3.63, 3.8) is 0 Å². The monoisotopic (exact) mass is 413 g/mol. The molecule has 2 aliphatic rings. The number of guanidine groups is 1. The lowest BCUT2D eigenvalue weighted by Gasteiger charge is -2.33. The zero-order valence-electron chi connectivity index (χ0n) is 19.0. The Kier molecular flexibility index (Phi) is 8.55. The van der Waals surface area contributed by atoms with Crippen molar-refractivity contribution in [3.8, 4) is 5.88 Å². The first-order valence-electron chi connectivity index (χ1n) is 11.5. The van der Waals surface area contributed by atoms with Gasteiger partial charge in [-0.2, -0.15) is 0 Å². The van der Waals surface area contributed by atoms with Crippen LogP contribution in [0.1, 0.15) is 57.9 Å². The number of nitrogens with one attached hydrogen (secondary N) is 2. The summed E-state index contributed by atoms with van der Waals surface area (Å²) < 4.78 is 6.14. The molecule has 1 aliphatic heterocycles. The van der Waals surface area contributed by atoms with Gasteiger partial charge in [-0.25, -0.2) is 4.98 Å². The van der Waals surface area contributed by atoms with Gasteiger partial charge in [-0.1, -0.05) is 19.1 Å². The smallest absolute Gasteiger partial charge is 0.213 e. The third-order valence-electron chi connectivity index (χ3n) is 6.16. The van der Waals surface area contributed by atoms with Crippen LogP contribution in [-0.2, 0) is 6.54 Å². The number of ether oxygens (including phenoxy) is 1. The van der Waals surface area contributed by atoms with Crippen LogP contribution in [0.5, 0.6) is 5.88 Å². The van der Waals surface area contributed by atoms with Crippen LogP contribution >= 0.6 is 0 Å². The van der Waals surface area contributed by atoms with E-state index in [0.29, 0.717) is 18.7 Å². The number of rotatable bonds is 7. The van der Waals surface area contributed by atoms with E-state index in [4.69, 9.17) is 4.74 Å². The Balaban J connectivity index is 1.43. The fourth-order valence-electron chi connectivity index (χ4n) is 4.33. The van der Waals surface area contributed by atoms with Gasteiger partial charge in [-0.15, -0.1) is 0 Å². The second-order valence-corrected chi connectivity index (χ2v) is 9.08. The summed E-state index contributed by atoms with van der Waals surface area (Å²) in [5, 5.41) is 7.02. The first-order valence-corrected chi connectivity index (χ1v) is 11.5. The maximum Gasteiger partial charge on any atom is 0.213 e. The molecule has 0 radical (unpaired) electrons. The maximum atomic E-state index is 6.14. The summed E-state index contributed by atoms with van der Waals surface area (Å²) in [6, 6.07) is 4.54. The number of aliphatic imine (C=N–C) groups is 1. The van der Waals surface area contributed by atoms with E-state index in [1.165, 1.54) is 18.4 Å². The van der Waals surface area contributed by atoms with Gasteiger partial charge in [-0.3, -0.25) is 9.89 Å². The summed E-state index contributed by atoms with van der Waals surface area (Å²) in [5.41, 5.74) is 2.39. The average molecular weight is 414 g/mol. The molecular formula is C24H39N5O. The molecule has 166 valence electrons. The molecule has 1 aromatic heterocycles. The second kappa shape index (κ2) is 11.3. The van der Waals surface area contributed by atoms with Crippen molar-refractivity contribution in [1.29, 1.82) is 0 Å². The summed E-state index contributed by atoms with van der Waals surface area (Å²) >= 11 is 0. The number of pyridine rings is 1. The SMILES string of the molecule is C=C(C)CN1CCC(NC(=NC)NCc2ccnc(OC3CCC(C)CC3)c2)CC1. The Hall–Kier alpha value is -2.08. The zero-order chi connectivity index (χ0) is 21.3. The predicted molar refractivity (Wildman–Crippen MR) is 124 cm³/mol. The van der Waals surface area contributed by atoms with Crippen molar-refractivity contribution in [1.82, 2.24) is 20.5 Å². The van der Waals surface area contributed by atoms with E-state index in [2.05, 4.69) is 52.0 Å². The normalized spacial score (nSPS) is 23.8. The standard InChI is InChI=1S/C24H39N5O/c1-18(2)17-29-13-10-21(11-14-29)28-24(25-4)27-16-20-9-12-26-23(15-20)30-22-7-5-19(3)6-8-22/h9,12,15,19,21-22H,1,5-8,10-11,13-14,16-17H2,2-4H3,(H2,25,27,28). The van der Waals surface area contributed by atoms with Crippen molar-refractivity contribution in [2.45, 2.75) is 71.1 Å². The minimum absolute atomic E-state index is 0.307. The minimum Gasteiger partial charge on any atom is -0.474 e. The molecule has 0 amide bonds. The highest BCUT2D eigenvalue weighted by Crippen LogP contribution is 2.26. The molecule has 0 bridgehead atoms. The van der Waals surface area contributed by atoms with Gasteiger partial charge in [0.05, 0.1) is 0 Å². The van der Waals surface area contributed by atoms with E-state index < -0.39 is 0 Å². The van der Waals surface area contributed by atoms with Crippen molar-refractivity contribution >= 4 is 5.96 Å². The number of piperidine rings is 1. The van der Waals surface area contributed by atoms with Gasteiger partial charge in [0.15, 0.2) is 5.96 Å². The fraction of sp³-hybridized carbons (Fsp3) is 0.667. The highest BCUT2D eigenvalue weighted by Gasteiger charge is 2.21. The predicted octanol–water partition coefficient (Wildman–Crippen LogP) is 3.74. The third kappa shape index (κ3) is 7.31. The Morgan fingerprint density at radius 2 is 1.97 bits per heavy atom. The minimum atomic E-state index is 0.307. The van der Waals surface area contributed by atoms with Crippen LogP contribution in [0.3, 0.4) is 0 Å². The number of hydrogen-bond acceptors (Lipinski definition) is 4. The van der Waals surface area contributed by atoms with Crippen LogP contribution in [0.4, 0.5) is 0 Å². The molecule has 6 nitrogen and oxygen atoms in total. The Morgan fingerprint density at radius 3 is 2.63 bits per heavy atom. The van der Waals surface area contributed by atoms with E-state index in [1.807, 2.05) is 19.3 Å². The molecule has 30 heavy (non-hydrogen) atoms. The molecule has 1 saturated carbocycles. The fourth-order valence-corrected chi connectivity index (χ4v) is 4.33. The summed E-state index contributed by atoms with van der Waals surface area (Å²) in [6.07, 6.45) is 9.16. The quantitative estimate of drug-likeness (QED) is 0.405. The lowest BCUT2D eigenvalue weighted by atomic mass is 9.89. The molecule has 3 rings (SSSR count). The molecule has 2 N–H and O–H groups in total. The molecule has 2 fully saturated rings. The van der Waals surface area contributed by atoms with Crippen LogP contribution in [0.2, 0.25) is 0 Å². The zero-order valence-corrected chi connectivity index (χ0v) is 19.0. The molecule has 0 atom stereocenters. The lowest BCUT2D eigenvalue weighted by molar-refractivity contribution is 0.130. The van der Waals surface area contributed by atoms with Crippen LogP contribution in [0.25, 0.3) is 0 Å². The average Bonchev–Trinajstić information content (AvgIpc) is 2.74. The lowest BCUT2D eigenvalue weighted by Crippen LogP contribution is -2.48. The van der Waals surface area contributed by atoms with E-state index in [0.717, 1.165) is 68.6 Å². The van der Waals surface area contributed by atoms with Gasteiger partial charge >= 0.3 is 0 Å². The van der Waals surface area contributed by atoms with Crippen LogP contribution in [0.15, 0.2) is 35.5 Å². The molecule has 1 aromatic rings. The molecule has 1 aliphatic carbocycles. The van der Waals surface area contributed by atoms with E-state index in [9.17, 15) is 0 Å². The number of hydrogen-bond donors (Lipinski definition) is 2. The molecule has 1 saturated heterocycles. The molecule has 0 unspecified atom stereocenters. The van der Waals surface area contributed by atoms with Crippen LogP contribution in [-0.4, -0.2) is 54.7 Å². The van der Waals surface area contributed by atoms with E-state index in [-0.39, 0.29) is 0 Å². The van der Waals surface area contributed by atoms with Crippen molar-refractivity contribution < 1.29 is 4.74 Å². The molecule has 6 heteroatoms. The third-order valence-corrected chi connectivity index (χ3v) is 6.16. The molecule has 0 aromatic carbocycles. The van der Waals surface area contributed by atoms with Gasteiger partial charge in [-0.05, 0) is 63.0 Å². The largest absolute Gasteiger partial charge is 0.474 e. The first-order chi connectivity index (χ1) is 14.5. The van der Waals surface area contributed by atoms with Gasteiger partial charge in [0.1, 0.15) is 6.10 Å². The van der Waals surface area contributed by atoms with Crippen molar-refractivity contribution in [2.75, 3.05) is 26.7 Å². The topological polar surface area (TPSA) is 61.8 Å². The van der Waals surface area contributed by atoms with Gasteiger partial charge in [0.2, 0.25) is 5.88 Å². The summed E-state index contributed by atoms with van der Waals surface area (Å²) in [7, 11) is 1.83. The van der Waals surface area contributed by atoms with Crippen LogP contribution in [0, 0.1) is 5.92 Å². The second-order valence-electron chi connectivity index (χ2n) is 9.08. The highest BCUT2D eigenvalue weighted by atomic mass is 16.5. The van der Waals surface area contributed by atoms with Gasteiger partial charge in [0, 0.05) is 51.5 Å². The number of aromatic nitrogens is 1. The van der Waals surface area contributed by atoms with Gasteiger partial charge in [0.25, 0.3) is 0 Å². The highest BCUT2D eigenvalue weighted by molar-refractivity contribution is 5.79. The first kappa shape index (κ1) is 22.6. The Bertz CT molecular complexity index is 703. The summed E-state index contributed by atoms with van der Waals surface area (Å²) in [4.78, 5) is 11.3. The Labute approximate surface area is 182 Å². The summed E-state index contributed by atoms with van der Waals surface area (Å²) in [5.74, 6) is 2.42. The van der Waals surface area contributed by atoms with Crippen LogP contribution < -0.4 is 15.4 Å². The van der Waals surface area contributed by atoms with Crippen molar-refractivity contribution in [3.05, 3.63) is 36.0 Å². The van der Waals surface area contributed by atoms with Gasteiger partial charge < -0.3 is 15.4 Å². The molecule has 2 heterocycles. The number of likely N-dealkylation sites (tertiary alicyclic amines) is 1. The molecular weight excluding hydrogens is 374 g/mol. The Morgan fingerprint density at radius 1 is 1.23 bits per heavy atom. The number of nitrogens with zero attached hydrogens (tertiary/aromatic N) is 3. The molecule has 0 spiro atoms. The summed E-state index contributed by atoms with van der Waals surface area (Å²) in [6.45, 7) is 12.4.